The Kier molecular flexibility index (Phi) is 8.14. The van der Waals surface area contributed by atoms with Gasteiger partial charge in [-0.2, -0.15) is 0 Å². The summed E-state index contributed by atoms with van der Waals surface area (Å²) in [7, 11) is 0. The van der Waals surface area contributed by atoms with Gasteiger partial charge in [-0.3, -0.25) is 0 Å². The maximum Gasteiger partial charge on any atom is 0.147 e. The second-order valence-corrected chi connectivity index (χ2v) is 17.8. The molecule has 1 aromatic heterocycles. The van der Waals surface area contributed by atoms with Gasteiger partial charge in [-0.1, -0.05) is 194 Å². The third-order valence-corrected chi connectivity index (χ3v) is 14.2. The van der Waals surface area contributed by atoms with Gasteiger partial charge in [-0.05, 0) is 130 Å². The van der Waals surface area contributed by atoms with E-state index >= 15 is 0 Å². The molecule has 2 unspecified atom stereocenters. The smallest absolute Gasteiger partial charge is 0.147 e. The normalized spacial score (nSPS) is 15.3. The van der Waals surface area contributed by atoms with E-state index in [1.54, 1.807) is 0 Å². The van der Waals surface area contributed by atoms with Crippen molar-refractivity contribution in [2.75, 3.05) is 0 Å². The lowest BCUT2D eigenvalue weighted by atomic mass is 9.83. The van der Waals surface area contributed by atoms with Crippen LogP contribution in [0.25, 0.3) is 121 Å². The van der Waals surface area contributed by atoms with E-state index in [0.717, 1.165) is 38.8 Å². The Morgan fingerprint density at radius 1 is 0.348 bits per heavy atom. The van der Waals surface area contributed by atoms with Crippen LogP contribution in [0.15, 0.2) is 235 Å². The van der Waals surface area contributed by atoms with Crippen molar-refractivity contribution in [1.82, 2.24) is 0 Å². The van der Waals surface area contributed by atoms with Gasteiger partial charge in [0, 0.05) is 22.4 Å². The summed E-state index contributed by atoms with van der Waals surface area (Å²) in [5, 5.41) is 11.9. The first-order valence-electron chi connectivity index (χ1n) is 22.9. The van der Waals surface area contributed by atoms with Crippen LogP contribution < -0.4 is 4.74 Å². The number of para-hydroxylation sites is 1. The van der Waals surface area contributed by atoms with Crippen LogP contribution in [0.4, 0.5) is 0 Å². The number of allylic oxidation sites excluding steroid dienone is 2. The van der Waals surface area contributed by atoms with Crippen molar-refractivity contribution in [3.05, 3.63) is 236 Å². The maximum atomic E-state index is 6.88. The molecule has 0 saturated heterocycles. The van der Waals surface area contributed by atoms with Gasteiger partial charge in [0.05, 0.1) is 5.39 Å². The number of hydrogen-bond acceptors (Lipinski definition) is 2. The lowest BCUT2D eigenvalue weighted by Gasteiger charge is -2.20. The van der Waals surface area contributed by atoms with Crippen LogP contribution in [0.3, 0.4) is 0 Å². The topological polar surface area (TPSA) is 22.4 Å². The van der Waals surface area contributed by atoms with E-state index in [9.17, 15) is 0 Å². The van der Waals surface area contributed by atoms with Crippen LogP contribution in [0, 0.1) is 0 Å². The van der Waals surface area contributed by atoms with Crippen molar-refractivity contribution in [3.63, 3.8) is 0 Å². The molecule has 12 aromatic rings. The molecule has 0 fully saturated rings. The summed E-state index contributed by atoms with van der Waals surface area (Å²) < 4.78 is 13.7. The molecule has 0 N–H and O–H groups in total. The van der Waals surface area contributed by atoms with Crippen LogP contribution >= 0.6 is 0 Å². The Hall–Kier alpha value is -8.46. The minimum absolute atomic E-state index is 0.0482. The molecule has 11 aromatic carbocycles. The fourth-order valence-corrected chi connectivity index (χ4v) is 11.2. The van der Waals surface area contributed by atoms with Crippen molar-refractivity contribution in [3.8, 4) is 61.4 Å². The molecule has 1 aliphatic carbocycles. The van der Waals surface area contributed by atoms with E-state index in [1.165, 1.54) is 93.2 Å². The summed E-state index contributed by atoms with van der Waals surface area (Å²) >= 11 is 0. The van der Waals surface area contributed by atoms with Crippen LogP contribution in [0.2, 0.25) is 0 Å². The minimum Gasteiger partial charge on any atom is -0.484 e. The number of rotatable bonds is 5. The van der Waals surface area contributed by atoms with Gasteiger partial charge in [-0.25, -0.2) is 0 Å². The lowest BCUT2D eigenvalue weighted by molar-refractivity contribution is 0.271. The van der Waals surface area contributed by atoms with Gasteiger partial charge in [0.2, 0.25) is 0 Å². The molecule has 308 valence electrons. The summed E-state index contributed by atoms with van der Waals surface area (Å²) in [5.74, 6) is 1.05. The van der Waals surface area contributed by atoms with Crippen molar-refractivity contribution in [2.45, 2.75) is 12.0 Å². The van der Waals surface area contributed by atoms with Crippen molar-refractivity contribution in [1.29, 1.82) is 0 Å². The van der Waals surface area contributed by atoms with Crippen LogP contribution in [0.1, 0.15) is 11.5 Å². The molecule has 0 radical (unpaired) electrons. The quantitative estimate of drug-likeness (QED) is 0.161. The fraction of sp³-hybridized carbons (Fsp3) is 0.0312. The second-order valence-electron chi connectivity index (χ2n) is 17.8. The van der Waals surface area contributed by atoms with Gasteiger partial charge in [0.25, 0.3) is 0 Å². The van der Waals surface area contributed by atoms with E-state index in [-0.39, 0.29) is 12.0 Å². The SMILES string of the molecule is C1=CC2Oc3c(cc(-c4ccc5c(-c6cccc(-c7cccc8ccccc78)c6)c6ccccc6c(-c6cccc(-c7cccc8ccccc78)c6)c5c4)c4oc5ccccc5c34)C2C=C1. The average Bonchev–Trinajstić information content (AvgIpc) is 3.96. The molecule has 2 heterocycles. The highest BCUT2D eigenvalue weighted by Crippen LogP contribution is 2.53. The predicted octanol–water partition coefficient (Wildman–Crippen LogP) is 17.5. The number of hydrogen-bond donors (Lipinski definition) is 0. The monoisotopic (exact) mass is 840 g/mol. The third kappa shape index (κ3) is 5.61. The summed E-state index contributed by atoms with van der Waals surface area (Å²) in [4.78, 5) is 0. The molecule has 0 amide bonds. The highest BCUT2D eigenvalue weighted by molar-refractivity contribution is 6.23. The minimum atomic E-state index is -0.0482. The summed E-state index contributed by atoms with van der Waals surface area (Å²) in [6, 6.07) is 75.7. The van der Waals surface area contributed by atoms with E-state index in [0.29, 0.717) is 0 Å². The van der Waals surface area contributed by atoms with Crippen LogP contribution in [-0.2, 0) is 0 Å². The second kappa shape index (κ2) is 14.5. The zero-order valence-corrected chi connectivity index (χ0v) is 35.9. The molecule has 2 atom stereocenters. The molecule has 2 aliphatic rings. The lowest BCUT2D eigenvalue weighted by Crippen LogP contribution is -2.15. The maximum absolute atomic E-state index is 6.88. The molecule has 14 rings (SSSR count). The highest BCUT2D eigenvalue weighted by atomic mass is 16.5. The zero-order chi connectivity index (χ0) is 43.3. The number of ether oxygens (including phenoxy) is 1. The van der Waals surface area contributed by atoms with E-state index < -0.39 is 0 Å². The Morgan fingerprint density at radius 3 is 1.55 bits per heavy atom. The molecule has 0 bridgehead atoms. The van der Waals surface area contributed by atoms with Crippen molar-refractivity contribution >= 4 is 65.0 Å². The fourth-order valence-electron chi connectivity index (χ4n) is 11.2. The first-order valence-corrected chi connectivity index (χ1v) is 22.9. The third-order valence-electron chi connectivity index (χ3n) is 14.2. The summed E-state index contributed by atoms with van der Waals surface area (Å²) in [6.07, 6.45) is 8.65. The van der Waals surface area contributed by atoms with Crippen LogP contribution in [0.5, 0.6) is 5.75 Å². The Bertz CT molecular complexity index is 4040. The van der Waals surface area contributed by atoms with Crippen molar-refractivity contribution in [2.24, 2.45) is 0 Å². The summed E-state index contributed by atoms with van der Waals surface area (Å²) in [6.45, 7) is 0. The number of benzene rings is 11. The predicted molar refractivity (Wildman–Crippen MR) is 276 cm³/mol. The largest absolute Gasteiger partial charge is 0.484 e. The van der Waals surface area contributed by atoms with E-state index in [2.05, 4.69) is 224 Å². The first kappa shape index (κ1) is 37.0. The van der Waals surface area contributed by atoms with Gasteiger partial charge >= 0.3 is 0 Å². The average molecular weight is 841 g/mol. The van der Waals surface area contributed by atoms with E-state index in [1.807, 2.05) is 6.07 Å². The molecule has 2 heteroatoms. The van der Waals surface area contributed by atoms with Gasteiger partial charge < -0.3 is 9.15 Å². The molecule has 1 aliphatic heterocycles. The molecular weight excluding hydrogens is 801 g/mol. The molecular formula is C64H40O2. The number of fused-ring (bicyclic) bond motifs is 11. The first-order chi connectivity index (χ1) is 32.7. The standard InChI is InChI=1S/C64H40O2/c1-3-23-46-39(15-1)17-13-29-48(46)41-19-11-21-44(35-41)60-51-26-5-6-27-52(51)61(45-22-12-20-42(36-45)49-30-14-18-40-16-2-4-24-47(40)49)56-37-43(33-34-53(56)60)55-38-57-50-25-7-9-31-58(50)65-64(57)62-54-28-8-10-32-59(54)66-63(55)62/h1-38,50,58H. The van der Waals surface area contributed by atoms with Crippen LogP contribution in [-0.4, -0.2) is 6.10 Å². The summed E-state index contributed by atoms with van der Waals surface area (Å²) in [5.41, 5.74) is 14.7. The van der Waals surface area contributed by atoms with E-state index in [4.69, 9.17) is 9.15 Å². The molecule has 0 spiro atoms. The molecule has 66 heavy (non-hydrogen) atoms. The van der Waals surface area contributed by atoms with Gasteiger partial charge in [0.15, 0.2) is 0 Å². The highest BCUT2D eigenvalue weighted by Gasteiger charge is 2.36. The number of furan rings is 1. The zero-order valence-electron chi connectivity index (χ0n) is 35.9. The molecule has 2 nitrogen and oxygen atoms in total. The molecule has 0 saturated carbocycles. The Labute approximate surface area is 382 Å². The van der Waals surface area contributed by atoms with Gasteiger partial charge in [0.1, 0.15) is 23.0 Å². The van der Waals surface area contributed by atoms with Crippen molar-refractivity contribution < 1.29 is 9.15 Å². The Balaban J connectivity index is 1.06. The van der Waals surface area contributed by atoms with Gasteiger partial charge in [-0.15, -0.1) is 0 Å². The Morgan fingerprint density at radius 2 is 0.864 bits per heavy atom.